The molecule has 1 aliphatic rings. The van der Waals surface area contributed by atoms with Crippen molar-refractivity contribution in [2.24, 2.45) is 0 Å². The minimum absolute atomic E-state index is 0.0837. The van der Waals surface area contributed by atoms with E-state index in [1.165, 1.54) is 0 Å². The second-order valence-electron chi connectivity index (χ2n) is 4.67. The fourth-order valence-corrected chi connectivity index (χ4v) is 2.05. The van der Waals surface area contributed by atoms with Gasteiger partial charge in [-0.3, -0.25) is 4.79 Å². The van der Waals surface area contributed by atoms with Gasteiger partial charge in [0.25, 0.3) is 5.91 Å². The molecule has 0 aliphatic carbocycles. The van der Waals surface area contributed by atoms with Gasteiger partial charge in [-0.1, -0.05) is 6.07 Å². The van der Waals surface area contributed by atoms with Crippen LogP contribution in [0.25, 0.3) is 0 Å². The van der Waals surface area contributed by atoms with Crippen LogP contribution >= 0.6 is 0 Å². The van der Waals surface area contributed by atoms with Gasteiger partial charge in [0.2, 0.25) is 0 Å². The number of carbonyl (C=O) groups is 1. The number of rotatable bonds is 5. The van der Waals surface area contributed by atoms with Gasteiger partial charge in [-0.05, 0) is 37.7 Å². The lowest BCUT2D eigenvalue weighted by molar-refractivity contribution is -0.118. The number of benzene rings is 1. The van der Waals surface area contributed by atoms with E-state index in [0.717, 1.165) is 36.5 Å². The van der Waals surface area contributed by atoms with Crippen LogP contribution in [-0.4, -0.2) is 31.0 Å². The van der Waals surface area contributed by atoms with Crippen molar-refractivity contribution in [3.05, 3.63) is 23.8 Å². The summed E-state index contributed by atoms with van der Waals surface area (Å²) < 4.78 is 5.31. The van der Waals surface area contributed by atoms with Crippen LogP contribution < -0.4 is 10.1 Å². The van der Waals surface area contributed by atoms with Gasteiger partial charge in [-0.15, -0.1) is 0 Å². The monoisotopic (exact) mass is 259 g/mol. The molecule has 1 aliphatic heterocycles. The quantitative estimate of drug-likeness (QED) is 0.818. The van der Waals surface area contributed by atoms with Crippen molar-refractivity contribution in [2.45, 2.75) is 19.4 Å². The Bertz CT molecular complexity index is 508. The molecule has 0 aromatic heterocycles. The van der Waals surface area contributed by atoms with Gasteiger partial charge in [0.15, 0.2) is 6.61 Å². The Labute approximate surface area is 112 Å². The molecule has 0 fully saturated rings. The third kappa shape index (κ3) is 3.70. The maximum absolute atomic E-state index is 11.3. The Morgan fingerprint density at radius 3 is 3.16 bits per heavy atom. The number of fused-ring (bicyclic) bond motifs is 1. The minimum atomic E-state index is -0.118. The van der Waals surface area contributed by atoms with Gasteiger partial charge in [0, 0.05) is 13.0 Å². The molecule has 0 spiro atoms. The standard InChI is InChI=1S/C14H17N3O2/c1-17(7-3-2-6-15)9-11-4-5-13-12(8-11)16-14(18)10-19-13/h4-5,8H,2-3,7,9-10H2,1H3,(H,16,18). The van der Waals surface area contributed by atoms with Crippen LogP contribution in [0.15, 0.2) is 18.2 Å². The highest BCUT2D eigenvalue weighted by Gasteiger charge is 2.16. The fourth-order valence-electron chi connectivity index (χ4n) is 2.05. The topological polar surface area (TPSA) is 65.4 Å². The number of amides is 1. The number of nitrogens with zero attached hydrogens (tertiary/aromatic N) is 2. The fraction of sp³-hybridized carbons (Fsp3) is 0.429. The Morgan fingerprint density at radius 1 is 1.53 bits per heavy atom. The molecule has 100 valence electrons. The SMILES string of the molecule is CN(CCCC#N)Cc1ccc2c(c1)NC(=O)CO2. The molecule has 1 N–H and O–H groups in total. The number of unbranched alkanes of at least 4 members (excludes halogenated alkanes) is 1. The highest BCUT2D eigenvalue weighted by molar-refractivity contribution is 5.95. The van der Waals surface area contributed by atoms with Crippen LogP contribution in [0.5, 0.6) is 5.75 Å². The second-order valence-corrected chi connectivity index (χ2v) is 4.67. The molecule has 0 saturated carbocycles. The largest absolute Gasteiger partial charge is 0.482 e. The summed E-state index contributed by atoms with van der Waals surface area (Å²) in [5.74, 6) is 0.600. The molecule has 2 rings (SSSR count). The van der Waals surface area contributed by atoms with Crippen LogP contribution in [0.1, 0.15) is 18.4 Å². The molecular formula is C14H17N3O2. The summed E-state index contributed by atoms with van der Waals surface area (Å²) in [6, 6.07) is 7.96. The van der Waals surface area contributed by atoms with Crippen LogP contribution in [0.4, 0.5) is 5.69 Å². The number of carbonyl (C=O) groups excluding carboxylic acids is 1. The summed E-state index contributed by atoms with van der Waals surface area (Å²) in [5.41, 5.74) is 1.85. The van der Waals surface area contributed by atoms with E-state index in [1.807, 2.05) is 25.2 Å². The van der Waals surface area contributed by atoms with Crippen molar-refractivity contribution in [1.29, 1.82) is 5.26 Å². The van der Waals surface area contributed by atoms with Crippen molar-refractivity contribution >= 4 is 11.6 Å². The van der Waals surface area contributed by atoms with E-state index in [2.05, 4.69) is 16.3 Å². The zero-order valence-corrected chi connectivity index (χ0v) is 11.0. The Morgan fingerprint density at radius 2 is 2.37 bits per heavy atom. The third-order valence-corrected chi connectivity index (χ3v) is 2.96. The molecule has 0 atom stereocenters. The molecule has 0 saturated heterocycles. The summed E-state index contributed by atoms with van der Waals surface area (Å²) in [5, 5.41) is 11.3. The number of ether oxygens (including phenoxy) is 1. The average Bonchev–Trinajstić information content (AvgIpc) is 2.38. The second kappa shape index (κ2) is 6.21. The molecule has 1 aromatic carbocycles. The summed E-state index contributed by atoms with van der Waals surface area (Å²) >= 11 is 0. The van der Waals surface area contributed by atoms with Gasteiger partial charge in [0.05, 0.1) is 11.8 Å². The molecule has 0 bridgehead atoms. The van der Waals surface area contributed by atoms with Crippen LogP contribution in [0, 0.1) is 11.3 Å². The summed E-state index contributed by atoms with van der Waals surface area (Å²) in [6.45, 7) is 1.75. The summed E-state index contributed by atoms with van der Waals surface area (Å²) in [6.07, 6.45) is 1.45. The highest BCUT2D eigenvalue weighted by atomic mass is 16.5. The van der Waals surface area contributed by atoms with Crippen LogP contribution in [0.2, 0.25) is 0 Å². The lowest BCUT2D eigenvalue weighted by Gasteiger charge is -2.20. The summed E-state index contributed by atoms with van der Waals surface area (Å²) in [7, 11) is 2.02. The minimum Gasteiger partial charge on any atom is -0.482 e. The van der Waals surface area contributed by atoms with Crippen molar-refractivity contribution < 1.29 is 9.53 Å². The van der Waals surface area contributed by atoms with E-state index in [9.17, 15) is 4.79 Å². The van der Waals surface area contributed by atoms with E-state index in [1.54, 1.807) is 0 Å². The van der Waals surface area contributed by atoms with Crippen molar-refractivity contribution in [1.82, 2.24) is 4.90 Å². The number of nitriles is 1. The molecule has 0 unspecified atom stereocenters. The predicted octanol–water partition coefficient (Wildman–Crippen LogP) is 1.75. The molecule has 1 aromatic rings. The maximum atomic E-state index is 11.3. The van der Waals surface area contributed by atoms with Crippen LogP contribution in [-0.2, 0) is 11.3 Å². The number of nitrogens with one attached hydrogen (secondary N) is 1. The van der Waals surface area contributed by atoms with E-state index >= 15 is 0 Å². The first kappa shape index (κ1) is 13.4. The van der Waals surface area contributed by atoms with E-state index in [0.29, 0.717) is 6.42 Å². The normalized spacial score (nSPS) is 13.4. The van der Waals surface area contributed by atoms with Gasteiger partial charge in [-0.25, -0.2) is 0 Å². The Kier molecular flexibility index (Phi) is 4.37. The lowest BCUT2D eigenvalue weighted by atomic mass is 10.1. The smallest absolute Gasteiger partial charge is 0.262 e. The Balaban J connectivity index is 1.96. The third-order valence-electron chi connectivity index (χ3n) is 2.96. The van der Waals surface area contributed by atoms with Crippen molar-refractivity contribution in [2.75, 3.05) is 25.5 Å². The molecule has 0 radical (unpaired) electrons. The van der Waals surface area contributed by atoms with Crippen molar-refractivity contribution in [3.8, 4) is 11.8 Å². The van der Waals surface area contributed by atoms with E-state index < -0.39 is 0 Å². The molecule has 1 amide bonds. The molecule has 5 nitrogen and oxygen atoms in total. The first-order valence-corrected chi connectivity index (χ1v) is 6.30. The highest BCUT2D eigenvalue weighted by Crippen LogP contribution is 2.28. The Hall–Kier alpha value is -2.06. The zero-order valence-electron chi connectivity index (χ0n) is 11.0. The van der Waals surface area contributed by atoms with Gasteiger partial charge >= 0.3 is 0 Å². The average molecular weight is 259 g/mol. The first-order valence-electron chi connectivity index (χ1n) is 6.30. The van der Waals surface area contributed by atoms with Gasteiger partial charge < -0.3 is 15.0 Å². The predicted molar refractivity (Wildman–Crippen MR) is 71.7 cm³/mol. The number of anilines is 1. The van der Waals surface area contributed by atoms with Crippen molar-refractivity contribution in [3.63, 3.8) is 0 Å². The number of hydrogen-bond donors (Lipinski definition) is 1. The van der Waals surface area contributed by atoms with Crippen LogP contribution in [0.3, 0.4) is 0 Å². The summed E-state index contributed by atoms with van der Waals surface area (Å²) in [4.78, 5) is 13.4. The molecule has 19 heavy (non-hydrogen) atoms. The van der Waals surface area contributed by atoms with E-state index in [-0.39, 0.29) is 12.5 Å². The maximum Gasteiger partial charge on any atom is 0.262 e. The number of hydrogen-bond acceptors (Lipinski definition) is 4. The molecular weight excluding hydrogens is 242 g/mol. The molecule has 5 heteroatoms. The zero-order chi connectivity index (χ0) is 13.7. The first-order chi connectivity index (χ1) is 9.19. The van der Waals surface area contributed by atoms with E-state index in [4.69, 9.17) is 10.00 Å². The lowest BCUT2D eigenvalue weighted by Crippen LogP contribution is -2.25. The molecule has 1 heterocycles. The van der Waals surface area contributed by atoms with Gasteiger partial charge in [-0.2, -0.15) is 5.26 Å². The van der Waals surface area contributed by atoms with Gasteiger partial charge in [0.1, 0.15) is 5.75 Å².